The molecule has 1 aromatic heterocycles. The van der Waals surface area contributed by atoms with Crippen molar-refractivity contribution < 1.29 is 37.0 Å². The lowest BCUT2D eigenvalue weighted by Crippen LogP contribution is -3.00. The average molecular weight is 308 g/mol. The maximum Gasteiger partial charge on any atom is 0.762 e. The predicted octanol–water partition coefficient (Wildman–Crippen LogP) is -1.97. The van der Waals surface area contributed by atoms with Crippen LogP contribution in [0.4, 0.5) is 12.9 Å². The number of ether oxygens (including phenoxy) is 1. The highest BCUT2D eigenvalue weighted by atomic mass is 19.4. The molecule has 0 unspecified atom stereocenters. The van der Waals surface area contributed by atoms with Gasteiger partial charge in [0.15, 0.2) is 12.4 Å². The van der Waals surface area contributed by atoms with Crippen molar-refractivity contribution in [1.82, 2.24) is 5.32 Å². The van der Waals surface area contributed by atoms with Crippen molar-refractivity contribution >= 4 is 25.5 Å². The minimum Gasteiger partial charge on any atom is -1.00 e. The van der Waals surface area contributed by atoms with Crippen molar-refractivity contribution in [2.45, 2.75) is 6.92 Å². The van der Waals surface area contributed by atoms with Gasteiger partial charge in [0.1, 0.15) is 5.70 Å². The van der Waals surface area contributed by atoms with Crippen molar-refractivity contribution in [3.8, 4) is 0 Å². The number of carbonyl (C=O) groups is 2. The van der Waals surface area contributed by atoms with Gasteiger partial charge in [-0.05, 0) is 12.1 Å². The first-order valence-corrected chi connectivity index (χ1v) is 5.32. The number of nitrogens with one attached hydrogen (secondary N) is 2. The number of halogens is 4. The zero-order chi connectivity index (χ0) is 15.5. The van der Waals surface area contributed by atoms with Gasteiger partial charge in [-0.1, -0.05) is 0 Å². The van der Waals surface area contributed by atoms with Gasteiger partial charge in [0.05, 0.1) is 7.11 Å². The van der Waals surface area contributed by atoms with E-state index in [0.717, 1.165) is 5.56 Å². The molecule has 0 radical (unpaired) electrons. The third kappa shape index (κ3) is 11.2. The number of aromatic nitrogens is 1. The van der Waals surface area contributed by atoms with E-state index >= 15 is 0 Å². The van der Waals surface area contributed by atoms with Crippen LogP contribution in [-0.4, -0.2) is 26.5 Å². The Kier molecular flexibility index (Phi) is 11.4. The number of hydrogen-bond acceptors (Lipinski definition) is 3. The van der Waals surface area contributed by atoms with Crippen LogP contribution < -0.4 is 15.0 Å². The molecule has 0 spiro atoms. The largest absolute Gasteiger partial charge is 1.00 e. The van der Waals surface area contributed by atoms with Crippen LogP contribution >= 0.6 is 0 Å². The summed E-state index contributed by atoms with van der Waals surface area (Å²) < 4.78 is 33.6. The molecule has 0 aliphatic heterocycles. The van der Waals surface area contributed by atoms with Crippen LogP contribution in [0.1, 0.15) is 12.5 Å². The summed E-state index contributed by atoms with van der Waals surface area (Å²) in [6.07, 6.45) is 4.97. The Hall–Kier alpha value is -2.39. The molecule has 0 atom stereocenters. The van der Waals surface area contributed by atoms with Gasteiger partial charge in [-0.15, -0.1) is 0 Å². The second-order valence-corrected chi connectivity index (χ2v) is 3.32. The van der Waals surface area contributed by atoms with Crippen molar-refractivity contribution in [2.75, 3.05) is 7.11 Å². The summed E-state index contributed by atoms with van der Waals surface area (Å²) in [6, 6.07) is 3.58. The molecule has 116 valence electrons. The summed E-state index contributed by atoms with van der Waals surface area (Å²) in [6.45, 7) is 1.33. The van der Waals surface area contributed by atoms with Gasteiger partial charge < -0.3 is 14.8 Å². The smallest absolute Gasteiger partial charge is 0.762 e. The fourth-order valence-electron chi connectivity index (χ4n) is 1.11. The quantitative estimate of drug-likeness (QED) is 0.305. The molecule has 1 rings (SSSR count). The van der Waals surface area contributed by atoms with E-state index in [9.17, 15) is 22.5 Å². The maximum absolute atomic E-state index is 11.3. The third-order valence-corrected chi connectivity index (χ3v) is 1.76. The van der Waals surface area contributed by atoms with Gasteiger partial charge in [0.2, 0.25) is 5.91 Å². The van der Waals surface area contributed by atoms with Crippen molar-refractivity contribution in [3.05, 3.63) is 35.8 Å². The molecular formula is C11H13BF4N2O3. The standard InChI is InChI=1S/C11H12N2O3.BF3.FH/c1-8(14)13-10(11(15)16-2)6-9-4-3-5-12-7-9;2-1(3)4;/h3-7H,1-2H3,(H,13,14);;1H/b10-6-;;. The number of methoxy groups -OCH3 is 1. The molecule has 0 bridgehead atoms. The topological polar surface area (TPSA) is 69.5 Å². The molecule has 0 aliphatic carbocycles. The Bertz CT molecular complexity index is 469. The molecule has 0 aliphatic rings. The molecule has 1 heterocycles. The number of rotatable bonds is 3. The lowest BCUT2D eigenvalue weighted by atomic mass is 10.2. The molecule has 1 aromatic rings. The summed E-state index contributed by atoms with van der Waals surface area (Å²) >= 11 is 0. The molecule has 10 heteroatoms. The molecule has 0 aromatic carbocycles. The number of carbonyl (C=O) groups excluding carboxylic acids is 2. The number of amides is 1. The van der Waals surface area contributed by atoms with Gasteiger partial charge >= 0.3 is 13.5 Å². The zero-order valence-electron chi connectivity index (χ0n) is 11.2. The Morgan fingerprint density at radius 3 is 2.33 bits per heavy atom. The summed E-state index contributed by atoms with van der Waals surface area (Å²) in [5, 5.41) is 2.41. The number of H-pyrrole nitrogens is 1. The summed E-state index contributed by atoms with van der Waals surface area (Å²) in [5.41, 5.74) is 0.867. The van der Waals surface area contributed by atoms with Gasteiger partial charge in [-0.2, -0.15) is 0 Å². The molecule has 5 nitrogen and oxygen atoms in total. The third-order valence-electron chi connectivity index (χ3n) is 1.76. The summed E-state index contributed by atoms with van der Waals surface area (Å²) in [4.78, 5) is 25.1. The fraction of sp³-hybridized carbons (Fsp3) is 0.182. The maximum atomic E-state index is 11.3. The van der Waals surface area contributed by atoms with Crippen LogP contribution in [0.25, 0.3) is 6.08 Å². The van der Waals surface area contributed by atoms with E-state index in [0.29, 0.717) is 0 Å². The van der Waals surface area contributed by atoms with E-state index in [1.165, 1.54) is 20.1 Å². The average Bonchev–Trinajstić information content (AvgIpc) is 2.37. The van der Waals surface area contributed by atoms with Crippen molar-refractivity contribution in [3.63, 3.8) is 0 Å². The van der Waals surface area contributed by atoms with Gasteiger partial charge in [-0.25, -0.2) is 9.78 Å². The van der Waals surface area contributed by atoms with Crippen LogP contribution in [0.2, 0.25) is 0 Å². The Balaban J connectivity index is 0. The van der Waals surface area contributed by atoms with E-state index in [4.69, 9.17) is 0 Å². The summed E-state index contributed by atoms with van der Waals surface area (Å²) in [7, 11) is -2.41. The van der Waals surface area contributed by atoms with Crippen molar-refractivity contribution in [2.24, 2.45) is 0 Å². The molecule has 21 heavy (non-hydrogen) atoms. The Morgan fingerprint density at radius 1 is 1.38 bits per heavy atom. The minimum atomic E-state index is -3.67. The van der Waals surface area contributed by atoms with E-state index in [-0.39, 0.29) is 16.3 Å². The van der Waals surface area contributed by atoms with Crippen molar-refractivity contribution in [1.29, 1.82) is 0 Å². The molecule has 0 saturated heterocycles. The lowest BCUT2D eigenvalue weighted by Gasteiger charge is -2.04. The van der Waals surface area contributed by atoms with E-state index in [2.05, 4.69) is 15.0 Å². The highest BCUT2D eigenvalue weighted by Crippen LogP contribution is 2.03. The van der Waals surface area contributed by atoms with Gasteiger partial charge in [0.25, 0.3) is 0 Å². The first-order valence-electron chi connectivity index (χ1n) is 5.32. The highest BCUT2D eigenvalue weighted by molar-refractivity contribution is 6.33. The highest BCUT2D eigenvalue weighted by Gasteiger charge is 2.11. The lowest BCUT2D eigenvalue weighted by molar-refractivity contribution is -0.378. The van der Waals surface area contributed by atoms with E-state index in [1.54, 1.807) is 24.5 Å². The predicted molar refractivity (Wildman–Crippen MR) is 65.9 cm³/mol. The second-order valence-electron chi connectivity index (χ2n) is 3.32. The first-order chi connectivity index (χ1) is 9.36. The van der Waals surface area contributed by atoms with Crippen LogP contribution in [-0.2, 0) is 14.3 Å². The van der Waals surface area contributed by atoms with Gasteiger partial charge in [-0.3, -0.25) is 17.7 Å². The molecule has 1 amide bonds. The summed E-state index contributed by atoms with van der Waals surface area (Å²) in [5.74, 6) is -0.907. The van der Waals surface area contributed by atoms with Crippen LogP contribution in [0.5, 0.6) is 0 Å². The molecule has 2 N–H and O–H groups in total. The van der Waals surface area contributed by atoms with E-state index < -0.39 is 13.5 Å². The zero-order valence-corrected chi connectivity index (χ0v) is 11.2. The first kappa shape index (κ1) is 20.9. The Labute approximate surface area is 118 Å². The molecule has 0 fully saturated rings. The number of aromatic amines is 1. The van der Waals surface area contributed by atoms with Crippen LogP contribution in [0.3, 0.4) is 0 Å². The number of esters is 1. The molecular weight excluding hydrogens is 295 g/mol. The normalized spacial score (nSPS) is 9.48. The van der Waals surface area contributed by atoms with Crippen LogP contribution in [0.15, 0.2) is 30.2 Å². The Morgan fingerprint density at radius 2 is 1.95 bits per heavy atom. The fourth-order valence-corrected chi connectivity index (χ4v) is 1.11. The van der Waals surface area contributed by atoms with Gasteiger partial charge in [0, 0.05) is 18.6 Å². The monoisotopic (exact) mass is 308 g/mol. The second kappa shape index (κ2) is 11.4. The minimum absolute atomic E-state index is 0. The SMILES string of the molecule is COC(=O)/C(=C/c1ccc[nH+]c1)NC(C)=O.FB(F)F.[F-]. The van der Waals surface area contributed by atoms with Crippen LogP contribution in [0, 0.1) is 0 Å². The number of hydrogen-bond donors (Lipinski definition) is 1. The number of pyridine rings is 1. The van der Waals surface area contributed by atoms with E-state index in [1.807, 2.05) is 0 Å². The molecule has 0 saturated carbocycles.